The van der Waals surface area contributed by atoms with Crippen LogP contribution in [0.25, 0.3) is 0 Å². The fourth-order valence-electron chi connectivity index (χ4n) is 2.29. The number of nitrogens with one attached hydrogen (secondary N) is 2. The molecule has 0 saturated heterocycles. The van der Waals surface area contributed by atoms with Gasteiger partial charge in [-0.2, -0.15) is 0 Å². The standard InChI is InChI=1S/C15H16N2O2/c18-15(17-6-5-14-2-1-7-19-14)11-3-4-12-9-16-10-13(12)8-11/h1-4,7-8,16H,5-6,9-10H2,(H,17,18). The Morgan fingerprint density at radius 3 is 3.00 bits per heavy atom. The maximum Gasteiger partial charge on any atom is 0.251 e. The van der Waals surface area contributed by atoms with Crippen molar-refractivity contribution in [3.63, 3.8) is 0 Å². The third-order valence-electron chi connectivity index (χ3n) is 3.34. The van der Waals surface area contributed by atoms with E-state index in [2.05, 4.69) is 10.6 Å². The summed E-state index contributed by atoms with van der Waals surface area (Å²) in [5.41, 5.74) is 3.23. The highest BCUT2D eigenvalue weighted by Gasteiger charge is 2.13. The highest BCUT2D eigenvalue weighted by molar-refractivity contribution is 5.94. The minimum Gasteiger partial charge on any atom is -0.469 e. The number of rotatable bonds is 4. The fourth-order valence-corrected chi connectivity index (χ4v) is 2.29. The third-order valence-corrected chi connectivity index (χ3v) is 3.34. The Bertz CT molecular complexity index is 576. The first kappa shape index (κ1) is 12.0. The van der Waals surface area contributed by atoms with Crippen molar-refractivity contribution >= 4 is 5.91 Å². The molecule has 98 valence electrons. The summed E-state index contributed by atoms with van der Waals surface area (Å²) in [6.45, 7) is 2.33. The van der Waals surface area contributed by atoms with Gasteiger partial charge < -0.3 is 15.1 Å². The lowest BCUT2D eigenvalue weighted by molar-refractivity contribution is 0.0953. The van der Waals surface area contributed by atoms with Gasteiger partial charge in [0, 0.05) is 31.6 Å². The SMILES string of the molecule is O=C(NCCc1ccco1)c1ccc2c(c1)CNC2. The van der Waals surface area contributed by atoms with E-state index < -0.39 is 0 Å². The Morgan fingerprint density at radius 2 is 2.16 bits per heavy atom. The smallest absolute Gasteiger partial charge is 0.251 e. The maximum absolute atomic E-state index is 12.0. The van der Waals surface area contributed by atoms with Gasteiger partial charge in [0.2, 0.25) is 0 Å². The molecule has 1 aromatic carbocycles. The summed E-state index contributed by atoms with van der Waals surface area (Å²) in [7, 11) is 0. The maximum atomic E-state index is 12.0. The Morgan fingerprint density at radius 1 is 1.26 bits per heavy atom. The molecule has 4 heteroatoms. The zero-order chi connectivity index (χ0) is 13.1. The number of carbonyl (C=O) groups excluding carboxylic acids is 1. The lowest BCUT2D eigenvalue weighted by Gasteiger charge is -2.06. The molecule has 1 amide bonds. The second-order valence-electron chi connectivity index (χ2n) is 4.67. The quantitative estimate of drug-likeness (QED) is 0.878. The summed E-state index contributed by atoms with van der Waals surface area (Å²) < 4.78 is 5.22. The van der Waals surface area contributed by atoms with Crippen LogP contribution in [0.5, 0.6) is 0 Å². The molecule has 3 rings (SSSR count). The number of benzene rings is 1. The molecule has 2 heterocycles. The van der Waals surface area contributed by atoms with Crippen LogP contribution < -0.4 is 10.6 Å². The van der Waals surface area contributed by atoms with E-state index in [-0.39, 0.29) is 5.91 Å². The first-order chi connectivity index (χ1) is 9.33. The number of hydrogen-bond donors (Lipinski definition) is 2. The molecule has 4 nitrogen and oxygen atoms in total. The minimum atomic E-state index is -0.0266. The van der Waals surface area contributed by atoms with Gasteiger partial charge in [0.15, 0.2) is 0 Å². The first-order valence-electron chi connectivity index (χ1n) is 6.46. The Labute approximate surface area is 111 Å². The van der Waals surface area contributed by atoms with E-state index in [1.807, 2.05) is 30.3 Å². The van der Waals surface area contributed by atoms with E-state index in [0.29, 0.717) is 13.0 Å². The number of carbonyl (C=O) groups is 1. The van der Waals surface area contributed by atoms with E-state index in [4.69, 9.17) is 4.42 Å². The Kier molecular flexibility index (Phi) is 3.33. The normalized spacial score (nSPS) is 13.3. The molecule has 0 atom stereocenters. The largest absolute Gasteiger partial charge is 0.469 e. The van der Waals surface area contributed by atoms with Crippen LogP contribution in [-0.4, -0.2) is 12.5 Å². The molecule has 0 aliphatic carbocycles. The highest BCUT2D eigenvalue weighted by Crippen LogP contribution is 2.16. The van der Waals surface area contributed by atoms with Gasteiger partial charge in [-0.15, -0.1) is 0 Å². The predicted molar refractivity (Wildman–Crippen MR) is 71.7 cm³/mol. The first-order valence-corrected chi connectivity index (χ1v) is 6.46. The number of hydrogen-bond acceptors (Lipinski definition) is 3. The lowest BCUT2D eigenvalue weighted by Crippen LogP contribution is -2.25. The molecular weight excluding hydrogens is 240 g/mol. The molecule has 19 heavy (non-hydrogen) atoms. The van der Waals surface area contributed by atoms with E-state index in [1.165, 1.54) is 11.1 Å². The van der Waals surface area contributed by atoms with E-state index in [0.717, 1.165) is 24.4 Å². The predicted octanol–water partition coefficient (Wildman–Crippen LogP) is 1.86. The second kappa shape index (κ2) is 5.28. The molecule has 0 spiro atoms. The van der Waals surface area contributed by atoms with Gasteiger partial charge in [0.1, 0.15) is 5.76 Å². The van der Waals surface area contributed by atoms with Gasteiger partial charge in [-0.1, -0.05) is 6.07 Å². The summed E-state index contributed by atoms with van der Waals surface area (Å²) in [6.07, 6.45) is 2.36. The third kappa shape index (κ3) is 2.69. The van der Waals surface area contributed by atoms with Crippen molar-refractivity contribution < 1.29 is 9.21 Å². The highest BCUT2D eigenvalue weighted by atomic mass is 16.3. The summed E-state index contributed by atoms with van der Waals surface area (Å²) in [6, 6.07) is 9.64. The van der Waals surface area contributed by atoms with Gasteiger partial charge in [0.05, 0.1) is 6.26 Å². The van der Waals surface area contributed by atoms with Crippen LogP contribution in [0.1, 0.15) is 27.2 Å². The van der Waals surface area contributed by atoms with Crippen LogP contribution in [-0.2, 0) is 19.5 Å². The Balaban J connectivity index is 1.58. The van der Waals surface area contributed by atoms with Crippen molar-refractivity contribution in [2.45, 2.75) is 19.5 Å². The molecule has 0 radical (unpaired) electrons. The van der Waals surface area contributed by atoms with Crippen molar-refractivity contribution in [3.8, 4) is 0 Å². The number of furan rings is 1. The molecule has 0 fully saturated rings. The van der Waals surface area contributed by atoms with Crippen LogP contribution in [0.15, 0.2) is 41.0 Å². The summed E-state index contributed by atoms with van der Waals surface area (Å²) in [5.74, 6) is 0.861. The van der Waals surface area contributed by atoms with Gasteiger partial charge in [-0.05, 0) is 35.4 Å². The second-order valence-corrected chi connectivity index (χ2v) is 4.67. The monoisotopic (exact) mass is 256 g/mol. The average Bonchev–Trinajstić information content (AvgIpc) is 3.08. The molecule has 0 unspecified atom stereocenters. The lowest BCUT2D eigenvalue weighted by atomic mass is 10.1. The summed E-state index contributed by atoms with van der Waals surface area (Å²) >= 11 is 0. The van der Waals surface area contributed by atoms with Crippen molar-refractivity contribution in [3.05, 3.63) is 59.0 Å². The van der Waals surface area contributed by atoms with Crippen molar-refractivity contribution in [1.82, 2.24) is 10.6 Å². The van der Waals surface area contributed by atoms with Crippen LogP contribution >= 0.6 is 0 Å². The van der Waals surface area contributed by atoms with Gasteiger partial charge in [0.25, 0.3) is 5.91 Å². The molecule has 1 aliphatic heterocycles. The zero-order valence-corrected chi connectivity index (χ0v) is 10.6. The van der Waals surface area contributed by atoms with Crippen molar-refractivity contribution in [1.29, 1.82) is 0 Å². The molecular formula is C15H16N2O2. The molecule has 0 saturated carbocycles. The summed E-state index contributed by atoms with van der Waals surface area (Å²) in [5, 5.41) is 6.18. The number of amides is 1. The molecule has 1 aliphatic rings. The average molecular weight is 256 g/mol. The molecule has 0 bridgehead atoms. The van der Waals surface area contributed by atoms with Crippen molar-refractivity contribution in [2.75, 3.05) is 6.54 Å². The van der Waals surface area contributed by atoms with Crippen LogP contribution in [0.3, 0.4) is 0 Å². The van der Waals surface area contributed by atoms with E-state index in [1.54, 1.807) is 6.26 Å². The zero-order valence-electron chi connectivity index (χ0n) is 10.6. The van der Waals surface area contributed by atoms with Gasteiger partial charge >= 0.3 is 0 Å². The van der Waals surface area contributed by atoms with Crippen LogP contribution in [0.2, 0.25) is 0 Å². The molecule has 2 aromatic rings. The van der Waals surface area contributed by atoms with E-state index in [9.17, 15) is 4.79 Å². The van der Waals surface area contributed by atoms with Crippen LogP contribution in [0.4, 0.5) is 0 Å². The number of fused-ring (bicyclic) bond motifs is 1. The Hall–Kier alpha value is -2.07. The fraction of sp³-hybridized carbons (Fsp3) is 0.267. The van der Waals surface area contributed by atoms with Crippen molar-refractivity contribution in [2.24, 2.45) is 0 Å². The van der Waals surface area contributed by atoms with Crippen LogP contribution in [0, 0.1) is 0 Å². The summed E-state index contributed by atoms with van der Waals surface area (Å²) in [4.78, 5) is 12.0. The molecule has 2 N–H and O–H groups in total. The molecule has 1 aromatic heterocycles. The van der Waals surface area contributed by atoms with Gasteiger partial charge in [-0.25, -0.2) is 0 Å². The topological polar surface area (TPSA) is 54.3 Å². The minimum absolute atomic E-state index is 0.0266. The van der Waals surface area contributed by atoms with E-state index >= 15 is 0 Å². The van der Waals surface area contributed by atoms with Gasteiger partial charge in [-0.3, -0.25) is 4.79 Å².